The number of hydrogen-bond donors (Lipinski definition) is 3. The molecule has 0 heterocycles. The summed E-state index contributed by atoms with van der Waals surface area (Å²) in [7, 11) is 0. The van der Waals surface area contributed by atoms with Gasteiger partial charge in [0.15, 0.2) is 0 Å². The van der Waals surface area contributed by atoms with Crippen LogP contribution in [0.3, 0.4) is 0 Å². The summed E-state index contributed by atoms with van der Waals surface area (Å²) >= 11 is 0. The Hall–Kier alpha value is -0.610. The highest BCUT2D eigenvalue weighted by atomic mass is 16.4. The van der Waals surface area contributed by atoms with Crippen molar-refractivity contribution in [2.24, 2.45) is 11.5 Å². The summed E-state index contributed by atoms with van der Waals surface area (Å²) in [6, 6.07) is -0.852. The molecule has 0 aliphatic carbocycles. The molecule has 0 aliphatic heterocycles. The molecule has 10 heavy (non-hydrogen) atoms. The highest BCUT2D eigenvalue weighted by Gasteiger charge is 2.09. The van der Waals surface area contributed by atoms with E-state index in [-0.39, 0.29) is 12.9 Å². The molecule has 0 rings (SSSR count). The van der Waals surface area contributed by atoms with Crippen molar-refractivity contribution in [1.82, 2.24) is 0 Å². The van der Waals surface area contributed by atoms with Crippen LogP contribution < -0.4 is 11.5 Å². The van der Waals surface area contributed by atoms with Crippen LogP contribution in [0.15, 0.2) is 0 Å². The normalized spacial score (nSPS) is 17.6. The summed E-state index contributed by atoms with van der Waals surface area (Å²) in [5, 5.41) is 8.35. The molecule has 0 radical (unpaired) electrons. The SMILES string of the molecule is [2H]C(CN)CC[C@H](N)C(=O)O. The van der Waals surface area contributed by atoms with E-state index in [1.54, 1.807) is 0 Å². The molecule has 5 N–H and O–H groups in total. The van der Waals surface area contributed by atoms with Crippen molar-refractivity contribution >= 4 is 5.97 Å². The lowest BCUT2D eigenvalue weighted by atomic mass is 10.1. The van der Waals surface area contributed by atoms with Crippen molar-refractivity contribution in [2.75, 3.05) is 6.54 Å². The van der Waals surface area contributed by atoms with Gasteiger partial charge in [0.05, 0.1) is 0 Å². The van der Waals surface area contributed by atoms with Gasteiger partial charge in [-0.3, -0.25) is 4.79 Å². The van der Waals surface area contributed by atoms with Gasteiger partial charge in [0, 0.05) is 1.37 Å². The molecule has 0 aromatic heterocycles. The van der Waals surface area contributed by atoms with Gasteiger partial charge < -0.3 is 16.6 Å². The quantitative estimate of drug-likeness (QED) is 0.490. The summed E-state index contributed by atoms with van der Waals surface area (Å²) in [6.45, 7) is 0.256. The first-order valence-corrected chi connectivity index (χ1v) is 3.18. The van der Waals surface area contributed by atoms with Gasteiger partial charge in [-0.05, 0) is 19.4 Å². The van der Waals surface area contributed by atoms with Crippen molar-refractivity contribution < 1.29 is 11.3 Å². The summed E-state index contributed by atoms with van der Waals surface area (Å²) in [6.07, 6.45) is 0.380. The van der Waals surface area contributed by atoms with Crippen LogP contribution in [-0.4, -0.2) is 23.7 Å². The second-order valence-corrected chi connectivity index (χ2v) is 2.05. The van der Waals surface area contributed by atoms with Crippen LogP contribution in [0.2, 0.25) is 0 Å². The topological polar surface area (TPSA) is 89.3 Å². The van der Waals surface area contributed by atoms with Crippen LogP contribution in [-0.2, 0) is 4.79 Å². The fraction of sp³-hybridized carbons (Fsp3) is 0.833. The number of carbonyl (C=O) groups is 1. The minimum Gasteiger partial charge on any atom is -0.480 e. The van der Waals surface area contributed by atoms with E-state index in [1.165, 1.54) is 0 Å². The standard InChI is InChI=1S/C6H14N2O2/c7-4-2-1-3-5(8)6(9)10/h5H,1-4,7-8H2,(H,9,10)/t5-/m0/s1/i2D/t2?,5-. The van der Waals surface area contributed by atoms with E-state index in [0.717, 1.165) is 0 Å². The average molecular weight is 147 g/mol. The number of carboxylic acids is 1. The fourth-order valence-corrected chi connectivity index (χ4v) is 0.539. The van der Waals surface area contributed by atoms with Gasteiger partial charge in [0.1, 0.15) is 6.04 Å². The zero-order valence-electron chi connectivity index (χ0n) is 6.79. The van der Waals surface area contributed by atoms with E-state index in [2.05, 4.69) is 0 Å². The van der Waals surface area contributed by atoms with Gasteiger partial charge in [-0.15, -0.1) is 0 Å². The van der Waals surface area contributed by atoms with Crippen LogP contribution in [0.4, 0.5) is 0 Å². The van der Waals surface area contributed by atoms with Crippen molar-refractivity contribution in [2.45, 2.75) is 25.3 Å². The third-order valence-corrected chi connectivity index (χ3v) is 1.17. The Labute approximate surface area is 61.6 Å². The molecule has 0 amide bonds. The number of hydrogen-bond acceptors (Lipinski definition) is 3. The highest BCUT2D eigenvalue weighted by Crippen LogP contribution is 1.96. The zero-order chi connectivity index (χ0) is 8.85. The van der Waals surface area contributed by atoms with Crippen LogP contribution in [0.5, 0.6) is 0 Å². The molecule has 0 saturated heterocycles. The van der Waals surface area contributed by atoms with Gasteiger partial charge in [-0.2, -0.15) is 0 Å². The molecule has 0 aliphatic rings. The number of carboxylic acid groups (broad SMARTS) is 1. The van der Waals surface area contributed by atoms with Gasteiger partial charge in [-0.1, -0.05) is 6.42 Å². The number of rotatable bonds is 5. The van der Waals surface area contributed by atoms with Crippen molar-refractivity contribution in [3.05, 3.63) is 0 Å². The summed E-state index contributed by atoms with van der Waals surface area (Å²) < 4.78 is 7.18. The number of nitrogens with two attached hydrogens (primary N) is 2. The largest absolute Gasteiger partial charge is 0.480 e. The summed E-state index contributed by atoms with van der Waals surface area (Å²) in [5.74, 6) is -1.02. The van der Waals surface area contributed by atoms with E-state index in [4.69, 9.17) is 17.9 Å². The third-order valence-electron chi connectivity index (χ3n) is 1.17. The molecular weight excluding hydrogens is 132 g/mol. The fourth-order valence-electron chi connectivity index (χ4n) is 0.539. The Balaban J connectivity index is 3.45. The van der Waals surface area contributed by atoms with Gasteiger partial charge in [-0.25, -0.2) is 0 Å². The van der Waals surface area contributed by atoms with E-state index in [1.807, 2.05) is 0 Å². The van der Waals surface area contributed by atoms with Crippen molar-refractivity contribution in [1.29, 1.82) is 0 Å². The molecule has 4 nitrogen and oxygen atoms in total. The maximum absolute atomic E-state index is 10.2. The molecule has 0 spiro atoms. The second-order valence-electron chi connectivity index (χ2n) is 2.05. The minimum absolute atomic E-state index is 0.256. The summed E-state index contributed by atoms with van der Waals surface area (Å²) in [4.78, 5) is 10.2. The maximum Gasteiger partial charge on any atom is 0.320 e. The second kappa shape index (κ2) is 5.20. The smallest absolute Gasteiger partial charge is 0.320 e. The predicted molar refractivity (Wildman–Crippen MR) is 38.5 cm³/mol. The van der Waals surface area contributed by atoms with E-state index >= 15 is 0 Å². The molecule has 0 bridgehead atoms. The molecule has 0 fully saturated rings. The van der Waals surface area contributed by atoms with Crippen LogP contribution >= 0.6 is 0 Å². The van der Waals surface area contributed by atoms with E-state index in [0.29, 0.717) is 12.8 Å². The average Bonchev–Trinajstić information content (AvgIpc) is 1.99. The molecular formula is C6H14N2O2. The zero-order valence-corrected chi connectivity index (χ0v) is 5.79. The van der Waals surface area contributed by atoms with Gasteiger partial charge >= 0.3 is 5.97 Å². The minimum atomic E-state index is -1.02. The lowest BCUT2D eigenvalue weighted by Gasteiger charge is -2.03. The Morgan fingerprint density at radius 2 is 2.40 bits per heavy atom. The predicted octanol–water partition coefficient (Wildman–Crippen LogP) is -0.473. The molecule has 60 valence electrons. The number of aliphatic carboxylic acids is 1. The highest BCUT2D eigenvalue weighted by molar-refractivity contribution is 5.72. The van der Waals surface area contributed by atoms with Crippen LogP contribution in [0.1, 0.15) is 20.6 Å². The molecule has 4 heteroatoms. The van der Waals surface area contributed by atoms with Gasteiger partial charge in [0.25, 0.3) is 0 Å². The lowest BCUT2D eigenvalue weighted by molar-refractivity contribution is -0.138. The first kappa shape index (κ1) is 7.50. The Morgan fingerprint density at radius 1 is 1.80 bits per heavy atom. The lowest BCUT2D eigenvalue weighted by Crippen LogP contribution is -2.29. The Morgan fingerprint density at radius 3 is 2.80 bits per heavy atom. The van der Waals surface area contributed by atoms with E-state index in [9.17, 15) is 4.79 Å². The maximum atomic E-state index is 10.2. The van der Waals surface area contributed by atoms with Gasteiger partial charge in [0.2, 0.25) is 0 Å². The first-order valence-electron chi connectivity index (χ1n) is 3.76. The molecule has 0 aromatic carbocycles. The monoisotopic (exact) mass is 147 g/mol. The first-order chi connectivity index (χ1) is 5.07. The summed E-state index contributed by atoms with van der Waals surface area (Å²) in [5.41, 5.74) is 10.4. The van der Waals surface area contributed by atoms with Crippen molar-refractivity contribution in [3.8, 4) is 0 Å². The molecule has 1 unspecified atom stereocenters. The third kappa shape index (κ3) is 4.29. The molecule has 0 aromatic rings. The molecule has 0 saturated carbocycles. The Kier molecular flexibility index (Phi) is 3.90. The van der Waals surface area contributed by atoms with E-state index < -0.39 is 12.0 Å². The van der Waals surface area contributed by atoms with Crippen LogP contribution in [0.25, 0.3) is 0 Å². The Bertz CT molecular complexity index is 132. The van der Waals surface area contributed by atoms with Crippen molar-refractivity contribution in [3.63, 3.8) is 0 Å². The molecule has 2 atom stereocenters. The van der Waals surface area contributed by atoms with Crippen LogP contribution in [0, 0.1) is 0 Å².